The van der Waals surface area contributed by atoms with Crippen molar-refractivity contribution in [3.05, 3.63) is 77.6 Å². The summed E-state index contributed by atoms with van der Waals surface area (Å²) in [4.78, 5) is 20.9. The van der Waals surface area contributed by atoms with Crippen LogP contribution < -0.4 is 15.2 Å². The van der Waals surface area contributed by atoms with Crippen LogP contribution in [0, 0.1) is 13.8 Å². The van der Waals surface area contributed by atoms with Gasteiger partial charge < -0.3 is 0 Å². The van der Waals surface area contributed by atoms with E-state index in [4.69, 9.17) is 0 Å². The number of aromatic nitrogens is 2. The van der Waals surface area contributed by atoms with E-state index >= 15 is 0 Å². The van der Waals surface area contributed by atoms with Gasteiger partial charge in [0.15, 0.2) is 0 Å². The maximum absolute atomic E-state index is 13.2. The number of nitrogens with zero attached hydrogens (tertiary/aromatic N) is 3. The number of carbonyl (C=O) groups is 1. The van der Waals surface area contributed by atoms with E-state index in [1.807, 2.05) is 26.0 Å². The van der Waals surface area contributed by atoms with Gasteiger partial charge in [0.2, 0.25) is 5.95 Å². The monoisotopic (exact) mass is 425 g/mol. The number of nitrogens with one attached hydrogen (secondary N) is 2. The quantitative estimate of drug-likeness (QED) is 0.564. The summed E-state index contributed by atoms with van der Waals surface area (Å²) in [6.07, 6.45) is 0. The molecule has 0 spiro atoms. The van der Waals surface area contributed by atoms with Crippen LogP contribution >= 0.6 is 0 Å². The van der Waals surface area contributed by atoms with Gasteiger partial charge in [-0.15, -0.1) is 0 Å². The summed E-state index contributed by atoms with van der Waals surface area (Å²) in [6, 6.07) is 16.5. The third kappa shape index (κ3) is 4.74. The summed E-state index contributed by atoms with van der Waals surface area (Å²) < 4.78 is 27.6. The Morgan fingerprint density at radius 2 is 1.63 bits per heavy atom. The van der Waals surface area contributed by atoms with Crippen molar-refractivity contribution in [2.45, 2.75) is 25.7 Å². The fourth-order valence-corrected chi connectivity index (χ4v) is 4.50. The summed E-state index contributed by atoms with van der Waals surface area (Å²) in [5.74, 6) is -0.247. The molecule has 1 aromatic heterocycles. The van der Waals surface area contributed by atoms with Gasteiger partial charge in [-0.2, -0.15) is 0 Å². The Kier molecular flexibility index (Phi) is 6.31. The Morgan fingerprint density at radius 1 is 0.967 bits per heavy atom. The van der Waals surface area contributed by atoms with Crippen molar-refractivity contribution in [2.24, 2.45) is 0 Å². The second-order valence-electron chi connectivity index (χ2n) is 6.59. The average Bonchev–Trinajstić information content (AvgIpc) is 2.72. The van der Waals surface area contributed by atoms with Gasteiger partial charge >= 0.3 is 0 Å². The topological polar surface area (TPSA) is 104 Å². The molecule has 3 rings (SSSR count). The predicted molar refractivity (Wildman–Crippen MR) is 116 cm³/mol. The lowest BCUT2D eigenvalue weighted by molar-refractivity contribution is 0.0962. The highest BCUT2D eigenvalue weighted by Crippen LogP contribution is 2.23. The Hall–Kier alpha value is -3.46. The lowest BCUT2D eigenvalue weighted by Crippen LogP contribution is -2.32. The van der Waals surface area contributed by atoms with E-state index in [9.17, 15) is 13.2 Å². The summed E-state index contributed by atoms with van der Waals surface area (Å²) in [5.41, 5.74) is 7.43. The number of aryl methyl sites for hydroxylation is 2. The number of hydrogen-bond acceptors (Lipinski definition) is 6. The van der Waals surface area contributed by atoms with Gasteiger partial charge in [0, 0.05) is 23.5 Å². The van der Waals surface area contributed by atoms with E-state index in [0.717, 1.165) is 11.4 Å². The number of carbonyl (C=O) groups excluding carboxylic acids is 1. The van der Waals surface area contributed by atoms with Gasteiger partial charge in [-0.3, -0.25) is 20.0 Å². The number of para-hydroxylation sites is 1. The van der Waals surface area contributed by atoms with Gasteiger partial charge in [-0.25, -0.2) is 18.4 Å². The minimum Gasteiger partial charge on any atom is -0.267 e. The van der Waals surface area contributed by atoms with Crippen LogP contribution in [0.25, 0.3) is 0 Å². The summed E-state index contributed by atoms with van der Waals surface area (Å²) in [7, 11) is -3.83. The number of rotatable bonds is 7. The Morgan fingerprint density at radius 3 is 2.27 bits per heavy atom. The number of benzene rings is 2. The zero-order valence-electron chi connectivity index (χ0n) is 17.0. The molecule has 2 N–H and O–H groups in total. The molecule has 0 atom stereocenters. The maximum Gasteiger partial charge on any atom is 0.269 e. The summed E-state index contributed by atoms with van der Waals surface area (Å²) >= 11 is 0. The number of anilines is 2. The molecule has 3 aromatic rings. The van der Waals surface area contributed by atoms with Gasteiger partial charge in [0.25, 0.3) is 15.9 Å². The molecule has 8 nitrogen and oxygen atoms in total. The Bertz CT molecular complexity index is 1130. The molecule has 0 fully saturated rings. The second-order valence-corrected chi connectivity index (χ2v) is 8.45. The molecule has 1 heterocycles. The fraction of sp³-hybridized carbons (Fsp3) is 0.190. The SMILES string of the molecule is CCN(c1ccccc1)S(=O)(=O)c1cccc(C(=O)NNc2nc(C)cc(C)n2)c1. The van der Waals surface area contributed by atoms with Crippen LogP contribution in [0.5, 0.6) is 0 Å². The summed E-state index contributed by atoms with van der Waals surface area (Å²) in [5, 5.41) is 0. The molecule has 0 radical (unpaired) electrons. The normalized spacial score (nSPS) is 11.0. The first kappa shape index (κ1) is 21.3. The molecule has 9 heteroatoms. The van der Waals surface area contributed by atoms with Crippen molar-refractivity contribution in [2.75, 3.05) is 16.3 Å². The van der Waals surface area contributed by atoms with Crippen LogP contribution in [-0.4, -0.2) is 30.8 Å². The molecule has 156 valence electrons. The first-order valence-electron chi connectivity index (χ1n) is 9.37. The number of sulfonamides is 1. The molecule has 1 amide bonds. The minimum atomic E-state index is -3.83. The minimum absolute atomic E-state index is 0.0310. The highest BCUT2D eigenvalue weighted by molar-refractivity contribution is 7.92. The third-order valence-corrected chi connectivity index (χ3v) is 6.18. The van der Waals surface area contributed by atoms with Gasteiger partial charge in [0.05, 0.1) is 10.6 Å². The van der Waals surface area contributed by atoms with Crippen molar-refractivity contribution in [3.8, 4) is 0 Å². The number of hydrogen-bond donors (Lipinski definition) is 2. The average molecular weight is 426 g/mol. The molecule has 0 aliphatic carbocycles. The van der Waals surface area contributed by atoms with Crippen molar-refractivity contribution < 1.29 is 13.2 Å². The third-order valence-electron chi connectivity index (χ3n) is 4.29. The van der Waals surface area contributed by atoms with Crippen molar-refractivity contribution in [3.63, 3.8) is 0 Å². The number of hydrazine groups is 1. The molecule has 0 saturated carbocycles. The highest BCUT2D eigenvalue weighted by atomic mass is 32.2. The first-order valence-corrected chi connectivity index (χ1v) is 10.8. The van der Waals surface area contributed by atoms with Crippen molar-refractivity contribution in [1.82, 2.24) is 15.4 Å². The van der Waals surface area contributed by atoms with Crippen LogP contribution in [-0.2, 0) is 10.0 Å². The molecule has 0 saturated heterocycles. The molecule has 0 unspecified atom stereocenters. The Labute approximate surface area is 176 Å². The van der Waals surface area contributed by atoms with Crippen LogP contribution in [0.15, 0.2) is 65.6 Å². The smallest absolute Gasteiger partial charge is 0.267 e. The second kappa shape index (κ2) is 8.91. The van der Waals surface area contributed by atoms with Crippen molar-refractivity contribution >= 4 is 27.6 Å². The van der Waals surface area contributed by atoms with E-state index in [1.165, 1.54) is 28.6 Å². The fourth-order valence-electron chi connectivity index (χ4n) is 2.98. The van der Waals surface area contributed by atoms with Crippen LogP contribution in [0.4, 0.5) is 11.6 Å². The van der Waals surface area contributed by atoms with Gasteiger partial charge in [0.1, 0.15) is 0 Å². The first-order chi connectivity index (χ1) is 14.3. The van der Waals surface area contributed by atoms with Gasteiger partial charge in [-0.05, 0) is 57.2 Å². The van der Waals surface area contributed by atoms with Gasteiger partial charge in [-0.1, -0.05) is 24.3 Å². The standard InChI is InChI=1S/C21H23N5O3S/c1-4-26(18-10-6-5-7-11-18)30(28,29)19-12-8-9-17(14-19)20(27)24-25-21-22-15(2)13-16(3)23-21/h5-14H,4H2,1-3H3,(H,24,27)(H,22,23,25). The molecular weight excluding hydrogens is 402 g/mol. The van der Waals surface area contributed by atoms with E-state index in [1.54, 1.807) is 31.2 Å². The van der Waals surface area contributed by atoms with E-state index < -0.39 is 15.9 Å². The molecular formula is C21H23N5O3S. The van der Waals surface area contributed by atoms with E-state index in [0.29, 0.717) is 5.69 Å². The maximum atomic E-state index is 13.2. The molecule has 0 bridgehead atoms. The number of amides is 1. The highest BCUT2D eigenvalue weighted by Gasteiger charge is 2.24. The van der Waals surface area contributed by atoms with Crippen LogP contribution in [0.3, 0.4) is 0 Å². The largest absolute Gasteiger partial charge is 0.269 e. The molecule has 0 aliphatic heterocycles. The molecule has 0 aliphatic rings. The van der Waals surface area contributed by atoms with E-state index in [-0.39, 0.29) is 23.0 Å². The molecule has 2 aromatic carbocycles. The van der Waals surface area contributed by atoms with Crippen LogP contribution in [0.2, 0.25) is 0 Å². The molecule has 30 heavy (non-hydrogen) atoms. The Balaban J connectivity index is 1.81. The van der Waals surface area contributed by atoms with E-state index in [2.05, 4.69) is 20.8 Å². The van der Waals surface area contributed by atoms with Crippen LogP contribution in [0.1, 0.15) is 28.7 Å². The van der Waals surface area contributed by atoms with Crippen molar-refractivity contribution in [1.29, 1.82) is 0 Å². The zero-order valence-corrected chi connectivity index (χ0v) is 17.8. The lowest BCUT2D eigenvalue weighted by atomic mass is 10.2. The predicted octanol–water partition coefficient (Wildman–Crippen LogP) is 3.07. The zero-order chi connectivity index (χ0) is 21.7. The summed E-state index contributed by atoms with van der Waals surface area (Å²) in [6.45, 7) is 5.66. The lowest BCUT2D eigenvalue weighted by Gasteiger charge is -2.23.